The van der Waals surface area contributed by atoms with E-state index in [9.17, 15) is 22.8 Å². The van der Waals surface area contributed by atoms with Crippen LogP contribution in [-0.4, -0.2) is 69.6 Å². The molecule has 1 unspecified atom stereocenters. The van der Waals surface area contributed by atoms with E-state index in [0.29, 0.717) is 72.0 Å². The molecule has 4 atom stereocenters. The molecular weight excluding hydrogens is 475 g/mol. The lowest BCUT2D eigenvalue weighted by Gasteiger charge is -2.42. The number of fused-ring (bicyclic) bond motifs is 5. The molecule has 186 valence electrons. The highest BCUT2D eigenvalue weighted by Gasteiger charge is 2.59. The summed E-state index contributed by atoms with van der Waals surface area (Å²) in [5.41, 5.74) is 2.58. The van der Waals surface area contributed by atoms with Crippen molar-refractivity contribution in [2.45, 2.75) is 6.36 Å². The lowest BCUT2D eigenvalue weighted by Crippen LogP contribution is -2.44. The maximum atomic E-state index is 13.1. The van der Waals surface area contributed by atoms with Crippen molar-refractivity contribution in [1.29, 1.82) is 0 Å². The molecule has 2 amide bonds. The van der Waals surface area contributed by atoms with Gasteiger partial charge in [0.2, 0.25) is 5.91 Å². The number of amides is 2. The maximum absolute atomic E-state index is 13.1. The van der Waals surface area contributed by atoms with Crippen LogP contribution < -0.4 is 4.74 Å². The molecule has 36 heavy (non-hydrogen) atoms. The molecule has 3 fully saturated rings. The summed E-state index contributed by atoms with van der Waals surface area (Å²) in [5, 5.41) is 10.6. The number of H-pyrrole nitrogens is 1. The number of carbonyl (C=O) groups excluding carboxylic acids is 2. The average Bonchev–Trinajstić information content (AvgIpc) is 3.56. The summed E-state index contributed by atoms with van der Waals surface area (Å²) in [6.07, 6.45) is -1.69. The van der Waals surface area contributed by atoms with Crippen molar-refractivity contribution in [2.24, 2.45) is 23.7 Å². The molecular formula is C25H22F3N5O3. The Morgan fingerprint density at radius 3 is 2.14 bits per heavy atom. The Hall–Kier alpha value is -3.89. The molecule has 6 rings (SSSR count). The van der Waals surface area contributed by atoms with E-state index in [1.54, 1.807) is 24.3 Å². The van der Waals surface area contributed by atoms with E-state index in [1.165, 1.54) is 30.3 Å². The lowest BCUT2D eigenvalue weighted by molar-refractivity contribution is -0.274. The Morgan fingerprint density at radius 2 is 1.50 bits per heavy atom. The molecule has 11 heteroatoms. The van der Waals surface area contributed by atoms with Crippen LogP contribution in [0.2, 0.25) is 0 Å². The number of nitrogens with zero attached hydrogens (tertiary/aromatic N) is 4. The van der Waals surface area contributed by atoms with Crippen LogP contribution in [0.4, 0.5) is 13.2 Å². The van der Waals surface area contributed by atoms with Crippen molar-refractivity contribution in [3.63, 3.8) is 0 Å². The summed E-state index contributed by atoms with van der Waals surface area (Å²) in [6, 6.07) is 10.7. The summed E-state index contributed by atoms with van der Waals surface area (Å²) < 4.78 is 40.7. The van der Waals surface area contributed by atoms with Crippen molar-refractivity contribution in [1.82, 2.24) is 25.2 Å². The summed E-state index contributed by atoms with van der Waals surface area (Å²) in [5.74, 6) is 1.10. The summed E-state index contributed by atoms with van der Waals surface area (Å²) in [6.45, 7) is 2.68. The fraction of sp³-hybridized carbons (Fsp3) is 0.360. The number of ether oxygens (including phenoxy) is 1. The van der Waals surface area contributed by atoms with E-state index in [2.05, 4.69) is 20.1 Å². The predicted molar refractivity (Wildman–Crippen MR) is 122 cm³/mol. The topological polar surface area (TPSA) is 91.4 Å². The van der Waals surface area contributed by atoms with Crippen molar-refractivity contribution in [3.8, 4) is 5.75 Å². The van der Waals surface area contributed by atoms with E-state index < -0.39 is 6.36 Å². The van der Waals surface area contributed by atoms with Crippen LogP contribution in [0.15, 0.2) is 48.5 Å². The Labute approximate surface area is 203 Å². The summed E-state index contributed by atoms with van der Waals surface area (Å²) in [4.78, 5) is 29.5. The first-order valence-corrected chi connectivity index (χ1v) is 11.7. The predicted octanol–water partition coefficient (Wildman–Crippen LogP) is 3.35. The fourth-order valence-electron chi connectivity index (χ4n) is 5.93. The second-order valence-electron chi connectivity index (χ2n) is 9.59. The Kier molecular flexibility index (Phi) is 5.24. The van der Waals surface area contributed by atoms with Crippen LogP contribution >= 0.6 is 0 Å². The van der Waals surface area contributed by atoms with Crippen LogP contribution in [-0.2, 0) is 4.79 Å². The number of aromatic nitrogens is 3. The molecule has 2 saturated heterocycles. The second kappa shape index (κ2) is 8.35. The molecule has 0 spiro atoms. The van der Waals surface area contributed by atoms with E-state index in [4.69, 9.17) is 0 Å². The quantitative estimate of drug-likeness (QED) is 0.559. The van der Waals surface area contributed by atoms with Gasteiger partial charge in [-0.1, -0.05) is 12.1 Å². The van der Waals surface area contributed by atoms with Crippen molar-refractivity contribution < 1.29 is 27.5 Å². The number of alkyl halides is 3. The number of hydrogen-bond donors (Lipinski definition) is 1. The van der Waals surface area contributed by atoms with Crippen molar-refractivity contribution in [2.75, 3.05) is 26.2 Å². The van der Waals surface area contributed by atoms with Gasteiger partial charge in [-0.2, -0.15) is 15.4 Å². The smallest absolute Gasteiger partial charge is 0.406 e. The van der Waals surface area contributed by atoms with Crippen LogP contribution in [0.3, 0.4) is 0 Å². The largest absolute Gasteiger partial charge is 0.573 e. The van der Waals surface area contributed by atoms with Gasteiger partial charge >= 0.3 is 6.36 Å². The SMILES string of the molecule is O=C(/C=C/c1ccc(OC(F)(F)F)cc1)N1CC2[C@@H](C1)[C@@H]1CN(C(=O)c3ccc4n[nH]nc4c3)C[C@H]21. The number of aromatic amines is 1. The Morgan fingerprint density at radius 1 is 0.889 bits per heavy atom. The third-order valence-electron chi connectivity index (χ3n) is 7.62. The van der Waals surface area contributed by atoms with Gasteiger partial charge in [-0.25, -0.2) is 0 Å². The molecule has 1 aliphatic carbocycles. The van der Waals surface area contributed by atoms with Gasteiger partial charge in [-0.15, -0.1) is 13.2 Å². The van der Waals surface area contributed by atoms with Gasteiger partial charge in [0.05, 0.1) is 0 Å². The average molecular weight is 497 g/mol. The molecule has 0 radical (unpaired) electrons. The highest BCUT2D eigenvalue weighted by atomic mass is 19.4. The van der Waals surface area contributed by atoms with Gasteiger partial charge in [0.1, 0.15) is 16.8 Å². The molecule has 0 bridgehead atoms. The fourth-order valence-corrected chi connectivity index (χ4v) is 5.93. The normalized spacial score (nSPS) is 25.2. The summed E-state index contributed by atoms with van der Waals surface area (Å²) >= 11 is 0. The Bertz CT molecular complexity index is 1330. The lowest BCUT2D eigenvalue weighted by atomic mass is 9.60. The molecule has 1 saturated carbocycles. The molecule has 3 aromatic rings. The molecule has 1 aromatic heterocycles. The maximum Gasteiger partial charge on any atom is 0.573 e. The number of rotatable bonds is 4. The number of carbonyl (C=O) groups is 2. The number of nitrogens with one attached hydrogen (secondary N) is 1. The first-order chi connectivity index (χ1) is 17.2. The van der Waals surface area contributed by atoms with Crippen LogP contribution in [0.5, 0.6) is 5.75 Å². The van der Waals surface area contributed by atoms with Gasteiger partial charge in [0, 0.05) is 37.8 Å². The molecule has 2 aliphatic heterocycles. The van der Waals surface area contributed by atoms with Crippen LogP contribution in [0.25, 0.3) is 17.1 Å². The number of hydrogen-bond acceptors (Lipinski definition) is 5. The zero-order valence-corrected chi connectivity index (χ0v) is 19.0. The number of benzene rings is 2. The van der Waals surface area contributed by atoms with Crippen LogP contribution in [0.1, 0.15) is 15.9 Å². The van der Waals surface area contributed by atoms with E-state index in [0.717, 1.165) is 0 Å². The number of halogens is 3. The minimum Gasteiger partial charge on any atom is -0.406 e. The molecule has 8 nitrogen and oxygen atoms in total. The monoisotopic (exact) mass is 497 g/mol. The van der Waals surface area contributed by atoms with E-state index >= 15 is 0 Å². The number of likely N-dealkylation sites (tertiary alicyclic amines) is 2. The van der Waals surface area contributed by atoms with Crippen molar-refractivity contribution in [3.05, 3.63) is 59.7 Å². The van der Waals surface area contributed by atoms with Crippen molar-refractivity contribution >= 4 is 28.9 Å². The highest BCUT2D eigenvalue weighted by Crippen LogP contribution is 2.54. The molecule has 3 aliphatic rings. The zero-order valence-electron chi connectivity index (χ0n) is 19.0. The van der Waals surface area contributed by atoms with Gasteiger partial charge in [-0.3, -0.25) is 9.59 Å². The van der Waals surface area contributed by atoms with Crippen LogP contribution in [0, 0.1) is 23.7 Å². The van der Waals surface area contributed by atoms with E-state index in [-0.39, 0.29) is 17.6 Å². The third kappa shape index (κ3) is 4.08. The van der Waals surface area contributed by atoms with Gasteiger partial charge in [0.15, 0.2) is 0 Å². The molecule has 1 N–H and O–H groups in total. The minimum atomic E-state index is -4.74. The summed E-state index contributed by atoms with van der Waals surface area (Å²) in [7, 11) is 0. The second-order valence-corrected chi connectivity index (χ2v) is 9.59. The molecule has 3 heterocycles. The minimum absolute atomic E-state index is 0.00473. The van der Waals surface area contributed by atoms with Gasteiger partial charge < -0.3 is 14.5 Å². The highest BCUT2D eigenvalue weighted by molar-refractivity contribution is 5.97. The van der Waals surface area contributed by atoms with Gasteiger partial charge in [0.25, 0.3) is 5.91 Å². The Balaban J connectivity index is 1.04. The zero-order chi connectivity index (χ0) is 25.0. The van der Waals surface area contributed by atoms with E-state index in [1.807, 2.05) is 9.80 Å². The van der Waals surface area contributed by atoms with Gasteiger partial charge in [-0.05, 0) is 65.6 Å². The standard InChI is InChI=1S/C25H22F3N5O3/c26-25(27,28)36-16-5-1-14(2-6-16)3-8-23(34)32-10-17-18(11-32)20-13-33(12-19(17)20)24(35)15-4-7-21-22(9-15)30-31-29-21/h1-9,17-20H,10-13H2,(H,29,30,31)/b8-3+/t17-,18?,19+,20-/m1/s1. The molecule has 2 aromatic carbocycles. The first kappa shape index (κ1) is 22.6. The first-order valence-electron chi connectivity index (χ1n) is 11.7. The third-order valence-corrected chi connectivity index (χ3v) is 7.62.